The lowest BCUT2D eigenvalue weighted by molar-refractivity contribution is -0.149. The molecule has 3 nitrogen and oxygen atoms in total. The molecule has 2 atom stereocenters. The summed E-state index contributed by atoms with van der Waals surface area (Å²) >= 11 is 1.50. The number of hydrogen-bond donors (Lipinski definition) is 0. The molecule has 0 spiro atoms. The minimum absolute atomic E-state index is 0.204. The van der Waals surface area contributed by atoms with Crippen LogP contribution in [-0.4, -0.2) is 18.9 Å². The lowest BCUT2D eigenvalue weighted by Gasteiger charge is -2.18. The largest absolute Gasteiger partial charge is 0.468 e. The van der Waals surface area contributed by atoms with Gasteiger partial charge < -0.3 is 4.74 Å². The number of esters is 1. The SMILES string of the molecule is C=CC(c1cccs1)C(C(C)=O)C(=O)OC. The lowest BCUT2D eigenvalue weighted by atomic mass is 9.88. The van der Waals surface area contributed by atoms with E-state index in [1.165, 1.54) is 25.4 Å². The van der Waals surface area contributed by atoms with E-state index in [4.69, 9.17) is 0 Å². The number of ether oxygens (including phenoxy) is 1. The van der Waals surface area contributed by atoms with Gasteiger partial charge in [0.25, 0.3) is 0 Å². The van der Waals surface area contributed by atoms with Crippen LogP contribution in [0.4, 0.5) is 0 Å². The predicted octanol–water partition coefficient (Wildman–Crippen LogP) is 2.40. The summed E-state index contributed by atoms with van der Waals surface area (Å²) in [4.78, 5) is 24.0. The van der Waals surface area contributed by atoms with Gasteiger partial charge in [0.15, 0.2) is 0 Å². The molecule has 1 aromatic rings. The summed E-state index contributed by atoms with van der Waals surface area (Å²) in [7, 11) is 1.28. The fourth-order valence-electron chi connectivity index (χ4n) is 1.59. The van der Waals surface area contributed by atoms with E-state index in [2.05, 4.69) is 11.3 Å². The number of hydrogen-bond acceptors (Lipinski definition) is 4. The van der Waals surface area contributed by atoms with Crippen molar-refractivity contribution in [3.8, 4) is 0 Å². The first-order valence-electron chi connectivity index (χ1n) is 4.86. The van der Waals surface area contributed by atoms with Crippen LogP contribution in [-0.2, 0) is 14.3 Å². The number of ketones is 1. The molecule has 2 unspecified atom stereocenters. The number of carbonyl (C=O) groups is 2. The third kappa shape index (κ3) is 2.58. The minimum Gasteiger partial charge on any atom is -0.468 e. The van der Waals surface area contributed by atoms with Crippen molar-refractivity contribution < 1.29 is 14.3 Å². The van der Waals surface area contributed by atoms with Gasteiger partial charge in [0.05, 0.1) is 7.11 Å². The standard InChI is InChI=1S/C12H14O3S/c1-4-9(10-6-5-7-16-10)11(8(2)13)12(14)15-3/h4-7,9,11H,1H2,2-3H3. The van der Waals surface area contributed by atoms with Gasteiger partial charge in [-0.1, -0.05) is 12.1 Å². The van der Waals surface area contributed by atoms with Gasteiger partial charge in [0.1, 0.15) is 11.7 Å². The topological polar surface area (TPSA) is 43.4 Å². The highest BCUT2D eigenvalue weighted by Crippen LogP contribution is 2.30. The normalized spacial score (nSPS) is 13.9. The number of methoxy groups -OCH3 is 1. The lowest BCUT2D eigenvalue weighted by Crippen LogP contribution is -2.28. The molecule has 1 aromatic heterocycles. The second kappa shape index (κ2) is 5.61. The van der Waals surface area contributed by atoms with Crippen LogP contribution in [0.15, 0.2) is 30.2 Å². The summed E-state index contributed by atoms with van der Waals surface area (Å²) in [5.41, 5.74) is 0. The molecule has 1 heterocycles. The van der Waals surface area contributed by atoms with Crippen LogP contribution in [0.25, 0.3) is 0 Å². The van der Waals surface area contributed by atoms with Crippen molar-refractivity contribution >= 4 is 23.1 Å². The third-order valence-electron chi connectivity index (χ3n) is 2.38. The highest BCUT2D eigenvalue weighted by Gasteiger charge is 2.32. The summed E-state index contributed by atoms with van der Waals surface area (Å²) in [5.74, 6) is -1.80. The van der Waals surface area contributed by atoms with Crippen LogP contribution in [0.5, 0.6) is 0 Å². The van der Waals surface area contributed by atoms with Crippen LogP contribution in [0, 0.1) is 5.92 Å². The van der Waals surface area contributed by atoms with E-state index in [1.54, 1.807) is 6.08 Å². The van der Waals surface area contributed by atoms with Gasteiger partial charge in [-0.15, -0.1) is 17.9 Å². The molecular formula is C12H14O3S. The predicted molar refractivity (Wildman–Crippen MR) is 63.4 cm³/mol. The fourth-order valence-corrected chi connectivity index (χ4v) is 2.45. The molecule has 0 fully saturated rings. The van der Waals surface area contributed by atoms with Gasteiger partial charge in [-0.05, 0) is 18.4 Å². The maximum absolute atomic E-state index is 11.6. The van der Waals surface area contributed by atoms with Gasteiger partial charge >= 0.3 is 5.97 Å². The van der Waals surface area contributed by atoms with Gasteiger partial charge in [-0.3, -0.25) is 9.59 Å². The summed E-state index contributed by atoms with van der Waals surface area (Å²) < 4.78 is 4.65. The molecular weight excluding hydrogens is 224 g/mol. The average molecular weight is 238 g/mol. The maximum Gasteiger partial charge on any atom is 0.317 e. The first-order valence-corrected chi connectivity index (χ1v) is 5.74. The zero-order valence-electron chi connectivity index (χ0n) is 9.30. The molecule has 0 aliphatic rings. The number of Topliss-reactive ketones (excluding diaryl/α,β-unsaturated/α-hetero) is 1. The number of thiophene rings is 1. The van der Waals surface area contributed by atoms with Crippen LogP contribution in [0.1, 0.15) is 17.7 Å². The first-order chi connectivity index (χ1) is 7.61. The van der Waals surface area contributed by atoms with Crippen LogP contribution < -0.4 is 0 Å². The Morgan fingerprint density at radius 3 is 2.62 bits per heavy atom. The highest BCUT2D eigenvalue weighted by atomic mass is 32.1. The van der Waals surface area contributed by atoms with E-state index in [-0.39, 0.29) is 11.7 Å². The van der Waals surface area contributed by atoms with Crippen LogP contribution in [0.2, 0.25) is 0 Å². The molecule has 86 valence electrons. The molecule has 0 amide bonds. The van der Waals surface area contributed by atoms with Crippen molar-refractivity contribution in [2.45, 2.75) is 12.8 Å². The summed E-state index contributed by atoms with van der Waals surface area (Å²) in [6.07, 6.45) is 1.62. The highest BCUT2D eigenvalue weighted by molar-refractivity contribution is 7.10. The van der Waals surface area contributed by atoms with Gasteiger partial charge in [-0.2, -0.15) is 0 Å². The van der Waals surface area contributed by atoms with E-state index in [9.17, 15) is 9.59 Å². The van der Waals surface area contributed by atoms with Crippen molar-refractivity contribution in [3.05, 3.63) is 35.0 Å². The van der Waals surface area contributed by atoms with E-state index < -0.39 is 11.9 Å². The average Bonchev–Trinajstić information content (AvgIpc) is 2.77. The first kappa shape index (κ1) is 12.6. The monoisotopic (exact) mass is 238 g/mol. The quantitative estimate of drug-likeness (QED) is 0.449. The van der Waals surface area contributed by atoms with Crippen molar-refractivity contribution in [2.24, 2.45) is 5.92 Å². The Morgan fingerprint density at radius 1 is 1.56 bits per heavy atom. The Labute approximate surface area is 98.7 Å². The van der Waals surface area contributed by atoms with E-state index in [0.717, 1.165) is 4.88 Å². The number of allylic oxidation sites excluding steroid dienone is 1. The van der Waals surface area contributed by atoms with Crippen molar-refractivity contribution in [2.75, 3.05) is 7.11 Å². The van der Waals surface area contributed by atoms with E-state index in [0.29, 0.717) is 0 Å². The fraction of sp³-hybridized carbons (Fsp3) is 0.333. The number of carbonyl (C=O) groups excluding carboxylic acids is 2. The molecule has 4 heteroatoms. The number of rotatable bonds is 5. The Morgan fingerprint density at radius 2 is 2.25 bits per heavy atom. The van der Waals surface area contributed by atoms with E-state index >= 15 is 0 Å². The smallest absolute Gasteiger partial charge is 0.317 e. The van der Waals surface area contributed by atoms with Gasteiger partial charge in [0.2, 0.25) is 0 Å². The molecule has 0 bridgehead atoms. The van der Waals surface area contributed by atoms with Crippen molar-refractivity contribution in [1.82, 2.24) is 0 Å². The Hall–Kier alpha value is -1.42. The molecule has 0 saturated heterocycles. The zero-order chi connectivity index (χ0) is 12.1. The Bertz CT molecular complexity index is 381. The van der Waals surface area contributed by atoms with Crippen LogP contribution in [0.3, 0.4) is 0 Å². The molecule has 0 saturated carbocycles. The zero-order valence-corrected chi connectivity index (χ0v) is 10.1. The second-order valence-corrected chi connectivity index (χ2v) is 4.37. The van der Waals surface area contributed by atoms with Crippen molar-refractivity contribution in [3.63, 3.8) is 0 Å². The Kier molecular flexibility index (Phi) is 4.43. The minimum atomic E-state index is -0.791. The Balaban J connectivity index is 3.04. The molecule has 0 aliphatic carbocycles. The van der Waals surface area contributed by atoms with Crippen molar-refractivity contribution in [1.29, 1.82) is 0 Å². The van der Waals surface area contributed by atoms with Crippen LogP contribution >= 0.6 is 11.3 Å². The molecule has 0 N–H and O–H groups in total. The third-order valence-corrected chi connectivity index (χ3v) is 3.35. The summed E-state index contributed by atoms with van der Waals surface area (Å²) in [5, 5.41) is 1.90. The molecule has 0 aromatic carbocycles. The maximum atomic E-state index is 11.6. The summed E-state index contributed by atoms with van der Waals surface area (Å²) in [6, 6.07) is 3.76. The molecule has 16 heavy (non-hydrogen) atoms. The molecule has 0 radical (unpaired) electrons. The van der Waals surface area contributed by atoms with Gasteiger partial charge in [0, 0.05) is 10.8 Å². The summed E-state index contributed by atoms with van der Waals surface area (Å²) in [6.45, 7) is 5.08. The van der Waals surface area contributed by atoms with E-state index in [1.807, 2.05) is 17.5 Å². The second-order valence-electron chi connectivity index (χ2n) is 3.39. The molecule has 0 aliphatic heterocycles. The molecule has 1 rings (SSSR count). The van der Waals surface area contributed by atoms with Gasteiger partial charge in [-0.25, -0.2) is 0 Å².